The Hall–Kier alpha value is -1.24. The van der Waals surface area contributed by atoms with E-state index in [9.17, 15) is 0 Å². The highest BCUT2D eigenvalue weighted by molar-refractivity contribution is 5.84. The molecule has 0 fully saturated rings. The Morgan fingerprint density at radius 1 is 1.22 bits per heavy atom. The summed E-state index contributed by atoms with van der Waals surface area (Å²) in [5, 5.41) is 1.41. The van der Waals surface area contributed by atoms with E-state index in [0.717, 1.165) is 0 Å². The van der Waals surface area contributed by atoms with Crippen molar-refractivity contribution in [2.75, 3.05) is 0 Å². The maximum absolute atomic E-state index is 3.41. The van der Waals surface area contributed by atoms with E-state index >= 15 is 0 Å². The molecule has 2 aromatic rings. The van der Waals surface area contributed by atoms with Gasteiger partial charge in [0, 0.05) is 17.1 Å². The predicted octanol–water partition coefficient (Wildman–Crippen LogP) is 5.37. The molecule has 0 amide bonds. The van der Waals surface area contributed by atoms with E-state index in [1.54, 1.807) is 0 Å². The Kier molecular flexibility index (Phi) is 3.52. The third kappa shape index (κ3) is 2.45. The van der Waals surface area contributed by atoms with Crippen LogP contribution in [0.15, 0.2) is 24.4 Å². The topological polar surface area (TPSA) is 15.8 Å². The molecule has 1 unspecified atom stereocenters. The van der Waals surface area contributed by atoms with Gasteiger partial charge in [-0.2, -0.15) is 0 Å². The van der Waals surface area contributed by atoms with E-state index in [4.69, 9.17) is 0 Å². The van der Waals surface area contributed by atoms with Crippen molar-refractivity contribution in [3.8, 4) is 0 Å². The molecule has 1 N–H and O–H groups in total. The third-order valence-corrected chi connectivity index (χ3v) is 3.83. The van der Waals surface area contributed by atoms with Crippen LogP contribution in [-0.4, -0.2) is 4.98 Å². The van der Waals surface area contributed by atoms with Crippen LogP contribution in [0.25, 0.3) is 10.9 Å². The van der Waals surface area contributed by atoms with Gasteiger partial charge in [-0.25, -0.2) is 0 Å². The van der Waals surface area contributed by atoms with Crippen molar-refractivity contribution in [1.29, 1.82) is 0 Å². The summed E-state index contributed by atoms with van der Waals surface area (Å²) in [6, 6.07) is 6.83. The first-order valence-electron chi connectivity index (χ1n) is 7.05. The van der Waals surface area contributed by atoms with Crippen LogP contribution in [0.3, 0.4) is 0 Å². The molecule has 0 aliphatic heterocycles. The smallest absolute Gasteiger partial charge is 0.0457 e. The van der Waals surface area contributed by atoms with Gasteiger partial charge in [0.1, 0.15) is 0 Å². The van der Waals surface area contributed by atoms with Crippen molar-refractivity contribution in [2.24, 2.45) is 0 Å². The Balaban J connectivity index is 2.50. The molecule has 0 saturated carbocycles. The number of nitrogens with one attached hydrogen (secondary N) is 1. The first-order chi connectivity index (χ1) is 8.43. The molecule has 1 aromatic heterocycles. The summed E-state index contributed by atoms with van der Waals surface area (Å²) in [4.78, 5) is 3.41. The van der Waals surface area contributed by atoms with Gasteiger partial charge in [0.25, 0.3) is 0 Å². The molecular weight excluding hydrogens is 218 g/mol. The van der Waals surface area contributed by atoms with E-state index in [1.165, 1.54) is 34.9 Å². The second-order valence-electron chi connectivity index (χ2n) is 6.44. The van der Waals surface area contributed by atoms with Gasteiger partial charge in [0.15, 0.2) is 0 Å². The molecule has 98 valence electrons. The number of aromatic amines is 1. The van der Waals surface area contributed by atoms with Crippen molar-refractivity contribution in [2.45, 2.75) is 58.8 Å². The lowest BCUT2D eigenvalue weighted by Gasteiger charge is -2.19. The normalized spacial score (nSPS) is 14.1. The fraction of sp³-hybridized carbons (Fsp3) is 0.529. The minimum atomic E-state index is 0.219. The molecule has 0 bridgehead atoms. The van der Waals surface area contributed by atoms with Gasteiger partial charge < -0.3 is 4.98 Å². The molecule has 0 aliphatic carbocycles. The molecule has 1 atom stereocenters. The fourth-order valence-electron chi connectivity index (χ4n) is 2.60. The van der Waals surface area contributed by atoms with Gasteiger partial charge in [-0.1, -0.05) is 47.1 Å². The Morgan fingerprint density at radius 2 is 1.94 bits per heavy atom. The van der Waals surface area contributed by atoms with Crippen molar-refractivity contribution < 1.29 is 0 Å². The number of hydrogen-bond acceptors (Lipinski definition) is 0. The zero-order valence-corrected chi connectivity index (χ0v) is 12.3. The summed E-state index contributed by atoms with van der Waals surface area (Å²) < 4.78 is 0. The summed E-state index contributed by atoms with van der Waals surface area (Å²) in [5.74, 6) is 0.638. The molecule has 1 heterocycles. The largest absolute Gasteiger partial charge is 0.361 e. The fourth-order valence-corrected chi connectivity index (χ4v) is 2.60. The number of rotatable bonds is 3. The quantitative estimate of drug-likeness (QED) is 0.746. The van der Waals surface area contributed by atoms with Crippen LogP contribution in [0.2, 0.25) is 0 Å². The van der Waals surface area contributed by atoms with Crippen LogP contribution < -0.4 is 0 Å². The van der Waals surface area contributed by atoms with Gasteiger partial charge in [0.05, 0.1) is 0 Å². The second-order valence-corrected chi connectivity index (χ2v) is 6.44. The van der Waals surface area contributed by atoms with Crippen LogP contribution in [0.4, 0.5) is 0 Å². The van der Waals surface area contributed by atoms with Crippen LogP contribution in [0.5, 0.6) is 0 Å². The summed E-state index contributed by atoms with van der Waals surface area (Å²) in [5.41, 5.74) is 4.37. The maximum Gasteiger partial charge on any atom is 0.0457 e. The first kappa shape index (κ1) is 13.2. The van der Waals surface area contributed by atoms with Crippen molar-refractivity contribution in [3.63, 3.8) is 0 Å². The van der Waals surface area contributed by atoms with Crippen molar-refractivity contribution >= 4 is 10.9 Å². The monoisotopic (exact) mass is 243 g/mol. The highest BCUT2D eigenvalue weighted by Crippen LogP contribution is 2.32. The number of fused-ring (bicyclic) bond motifs is 1. The summed E-state index contributed by atoms with van der Waals surface area (Å²) in [6.45, 7) is 11.4. The Morgan fingerprint density at radius 3 is 2.56 bits per heavy atom. The third-order valence-electron chi connectivity index (χ3n) is 3.83. The molecule has 0 spiro atoms. The molecular formula is C17H25N. The average Bonchev–Trinajstić information content (AvgIpc) is 2.70. The predicted molar refractivity (Wildman–Crippen MR) is 80.3 cm³/mol. The Labute approximate surface area is 111 Å². The maximum atomic E-state index is 3.41. The molecule has 1 nitrogen and oxygen atoms in total. The first-order valence-corrected chi connectivity index (χ1v) is 7.05. The Bertz CT molecular complexity index is 528. The highest BCUT2D eigenvalue weighted by Gasteiger charge is 2.16. The van der Waals surface area contributed by atoms with Crippen LogP contribution >= 0.6 is 0 Å². The zero-order valence-electron chi connectivity index (χ0n) is 12.3. The molecule has 1 heteroatoms. The highest BCUT2D eigenvalue weighted by atomic mass is 14.7. The van der Waals surface area contributed by atoms with Gasteiger partial charge in [-0.05, 0) is 41.0 Å². The number of H-pyrrole nitrogens is 1. The molecule has 18 heavy (non-hydrogen) atoms. The lowest BCUT2D eigenvalue weighted by Crippen LogP contribution is -2.10. The van der Waals surface area contributed by atoms with Crippen LogP contribution in [-0.2, 0) is 5.41 Å². The van der Waals surface area contributed by atoms with Gasteiger partial charge in [-0.3, -0.25) is 0 Å². The summed E-state index contributed by atoms with van der Waals surface area (Å²) in [7, 11) is 0. The zero-order chi connectivity index (χ0) is 13.3. The van der Waals surface area contributed by atoms with E-state index in [-0.39, 0.29) is 5.41 Å². The molecule has 2 rings (SSSR count). The number of hydrogen-bond donors (Lipinski definition) is 1. The average molecular weight is 243 g/mol. The second kappa shape index (κ2) is 4.79. The SMILES string of the molecule is CCCC(C)c1c[nH]c2ccc(C(C)(C)C)cc12. The van der Waals surface area contributed by atoms with E-state index in [1.807, 2.05) is 0 Å². The van der Waals surface area contributed by atoms with E-state index in [2.05, 4.69) is 64.0 Å². The lowest BCUT2D eigenvalue weighted by atomic mass is 9.85. The molecule has 0 aliphatic rings. The standard InChI is InChI=1S/C17H25N/c1-6-7-12(2)15-11-18-16-9-8-13(10-14(15)16)17(3,4)5/h8-12,18H,6-7H2,1-5H3. The summed E-state index contributed by atoms with van der Waals surface area (Å²) >= 11 is 0. The lowest BCUT2D eigenvalue weighted by molar-refractivity contribution is 0.591. The minimum Gasteiger partial charge on any atom is -0.361 e. The van der Waals surface area contributed by atoms with E-state index in [0.29, 0.717) is 5.92 Å². The van der Waals surface area contributed by atoms with Gasteiger partial charge in [-0.15, -0.1) is 0 Å². The molecule has 0 saturated heterocycles. The molecule has 1 aromatic carbocycles. The van der Waals surface area contributed by atoms with Crippen molar-refractivity contribution in [3.05, 3.63) is 35.5 Å². The summed E-state index contributed by atoms with van der Waals surface area (Å²) in [6.07, 6.45) is 4.69. The van der Waals surface area contributed by atoms with Crippen molar-refractivity contribution in [1.82, 2.24) is 4.98 Å². The minimum absolute atomic E-state index is 0.219. The van der Waals surface area contributed by atoms with Gasteiger partial charge >= 0.3 is 0 Å². The van der Waals surface area contributed by atoms with Gasteiger partial charge in [0.2, 0.25) is 0 Å². The van der Waals surface area contributed by atoms with E-state index < -0.39 is 0 Å². The van der Waals surface area contributed by atoms with Crippen LogP contribution in [0.1, 0.15) is 64.5 Å². The molecule has 0 radical (unpaired) electrons. The van der Waals surface area contributed by atoms with Crippen LogP contribution in [0, 0.1) is 0 Å². The number of benzene rings is 1. The number of aromatic nitrogens is 1.